The normalized spacial score (nSPS) is 22.4. The standard InChI is InChI=1S/C25H21BrF3N5O5S.C25H21ClF3N5O5S/c1-11-22(34-9-18(32-33-34)14-5-16(27)21(29)17(28)6-14)23(38-13(3)36)19(10-37-12(2)35)39-25(11)40-20-7-15(26)8-31-24(20)30-4;1-11-23(34-9-20(32-33-34)14-4-17(27)22(29)18(28)5-14)24(38-13(3)36)21(10-37-12(2)35)39-25(11)40-15-6-16(26)19(7-30)31-8-15/h5-9,11,19,22-23,25H,10H2,1-3H3;4-6,8-9,11,21,23-25H,10H2,1-3H3/t11?,19?,22-,23+,25-;11?,21?,23-,24+,25-/m11/s1. The summed E-state index contributed by atoms with van der Waals surface area (Å²) >= 11 is 11.9. The Hall–Kier alpha value is -7.15. The maximum Gasteiger partial charge on any atom is 0.303 e. The van der Waals surface area contributed by atoms with Crippen molar-refractivity contribution in [3.63, 3.8) is 0 Å². The van der Waals surface area contributed by atoms with Crippen molar-refractivity contribution in [2.45, 2.75) is 98.7 Å². The van der Waals surface area contributed by atoms with E-state index in [0.29, 0.717) is 14.3 Å². The van der Waals surface area contributed by atoms with Crippen LogP contribution in [-0.2, 0) is 47.6 Å². The van der Waals surface area contributed by atoms with Crippen LogP contribution < -0.4 is 0 Å². The maximum absolute atomic E-state index is 13.9. The average molecular weight is 1240 g/mol. The number of ether oxygens (including phenoxy) is 6. The van der Waals surface area contributed by atoms with Crippen LogP contribution in [0.25, 0.3) is 27.4 Å². The van der Waals surface area contributed by atoms with Gasteiger partial charge < -0.3 is 33.3 Å². The third kappa shape index (κ3) is 14.4. The number of aromatic nitrogens is 8. The van der Waals surface area contributed by atoms with Crippen molar-refractivity contribution in [1.82, 2.24) is 40.0 Å². The number of carbonyl (C=O) groups excluding carboxylic acids is 4. The molecule has 0 radical (unpaired) electrons. The van der Waals surface area contributed by atoms with Crippen LogP contribution in [0.15, 0.2) is 75.4 Å². The molecule has 0 spiro atoms. The zero-order chi connectivity index (χ0) is 58.3. The summed E-state index contributed by atoms with van der Waals surface area (Å²) < 4.78 is 120. The Balaban J connectivity index is 0.000000231. The van der Waals surface area contributed by atoms with Gasteiger partial charge in [-0.05, 0) is 52.3 Å². The second-order valence-corrected chi connectivity index (χ2v) is 21.3. The van der Waals surface area contributed by atoms with E-state index in [-0.39, 0.29) is 52.3 Å². The van der Waals surface area contributed by atoms with Crippen LogP contribution in [0, 0.1) is 64.6 Å². The number of pyridine rings is 2. The lowest BCUT2D eigenvalue weighted by atomic mass is 9.90. The summed E-state index contributed by atoms with van der Waals surface area (Å²) in [5.41, 5.74) is -1.37. The third-order valence-corrected chi connectivity index (χ3v) is 15.3. The van der Waals surface area contributed by atoms with Crippen molar-refractivity contribution in [3.05, 3.63) is 123 Å². The molecule has 2 aromatic carbocycles. The molecule has 0 bridgehead atoms. The van der Waals surface area contributed by atoms with E-state index in [2.05, 4.69) is 51.4 Å². The fraction of sp³-hybridized carbons (Fsp3) is 0.360. The molecule has 2 saturated heterocycles. The van der Waals surface area contributed by atoms with Crippen LogP contribution in [0.1, 0.15) is 59.3 Å². The van der Waals surface area contributed by atoms with Crippen molar-refractivity contribution in [3.8, 4) is 28.6 Å². The van der Waals surface area contributed by atoms with E-state index in [1.165, 1.54) is 85.4 Å². The molecule has 6 aromatic rings. The molecule has 10 atom stereocenters. The molecule has 4 aromatic heterocycles. The fourth-order valence-electron chi connectivity index (χ4n) is 8.43. The first-order valence-corrected chi connectivity index (χ1v) is 26.4. The lowest BCUT2D eigenvalue weighted by Crippen LogP contribution is -2.53. The van der Waals surface area contributed by atoms with E-state index >= 15 is 0 Å². The van der Waals surface area contributed by atoms with Gasteiger partial charge in [0.2, 0.25) is 0 Å². The molecule has 6 heterocycles. The summed E-state index contributed by atoms with van der Waals surface area (Å²) in [4.78, 5) is 60.1. The van der Waals surface area contributed by atoms with E-state index in [0.717, 1.165) is 24.3 Å². The predicted molar refractivity (Wildman–Crippen MR) is 273 cm³/mol. The van der Waals surface area contributed by atoms with Gasteiger partial charge in [-0.2, -0.15) is 5.26 Å². The number of hydrogen-bond donors (Lipinski definition) is 0. The SMILES string of the molecule is CC(=O)OCC1O[C@H](Sc2cnc(C#N)c(Cl)c2)C(C)[C@@H](n2cc(-c3cc(F)c(F)c(F)c3)nn2)[C@H]1OC(C)=O.[C-]#[N+]c1ncc(Br)cc1S[C@H]1OC(COC(C)=O)[C@H](OC(C)=O)[C@H](n2cc(-c3cc(F)c(F)c(F)c3)nn2)C1C. The molecule has 30 heteroatoms. The van der Waals surface area contributed by atoms with Crippen molar-refractivity contribution in [2.24, 2.45) is 11.8 Å². The predicted octanol–water partition coefficient (Wildman–Crippen LogP) is 9.73. The lowest BCUT2D eigenvalue weighted by Gasteiger charge is -2.44. The Morgan fingerprint density at radius 2 is 1.16 bits per heavy atom. The summed E-state index contributed by atoms with van der Waals surface area (Å²) in [5, 5.41) is 25.5. The second kappa shape index (κ2) is 26.4. The number of nitrogens with zero attached hydrogens (tertiary/aromatic N) is 10. The first-order chi connectivity index (χ1) is 38.0. The first kappa shape index (κ1) is 60.5. The van der Waals surface area contributed by atoms with Gasteiger partial charge in [0, 0.05) is 66.6 Å². The number of benzene rings is 2. The monoisotopic (exact) mass is 1230 g/mol. The van der Waals surface area contributed by atoms with Crippen LogP contribution in [0.4, 0.5) is 32.2 Å². The van der Waals surface area contributed by atoms with Gasteiger partial charge in [-0.1, -0.05) is 54.2 Å². The number of rotatable bonds is 14. The summed E-state index contributed by atoms with van der Waals surface area (Å²) in [5.74, 6) is -12.1. The molecule has 80 heavy (non-hydrogen) atoms. The van der Waals surface area contributed by atoms with Gasteiger partial charge in [-0.15, -0.1) is 26.9 Å². The molecule has 4 unspecified atom stereocenters. The van der Waals surface area contributed by atoms with Crippen LogP contribution in [0.3, 0.4) is 0 Å². The third-order valence-electron chi connectivity index (χ3n) is 12.0. The number of esters is 4. The zero-order valence-electron chi connectivity index (χ0n) is 42.4. The fourth-order valence-corrected chi connectivity index (χ4v) is 11.5. The Labute approximate surface area is 472 Å². The van der Waals surface area contributed by atoms with Gasteiger partial charge in [-0.3, -0.25) is 19.2 Å². The van der Waals surface area contributed by atoms with E-state index in [1.54, 1.807) is 26.0 Å². The maximum atomic E-state index is 13.9. The van der Waals surface area contributed by atoms with E-state index in [9.17, 15) is 45.5 Å². The highest BCUT2D eigenvalue weighted by Crippen LogP contribution is 2.47. The summed E-state index contributed by atoms with van der Waals surface area (Å²) in [7, 11) is 0. The van der Waals surface area contributed by atoms with Gasteiger partial charge in [0.05, 0.1) is 34.0 Å². The molecular formula is C50H42BrClF6N10O10S2. The van der Waals surface area contributed by atoms with Crippen molar-refractivity contribution < 1.29 is 73.9 Å². The number of thioether (sulfide) groups is 2. The van der Waals surface area contributed by atoms with E-state index in [1.807, 2.05) is 6.07 Å². The first-order valence-electron chi connectivity index (χ1n) is 23.4. The van der Waals surface area contributed by atoms with Crippen LogP contribution in [0.5, 0.6) is 0 Å². The smallest absolute Gasteiger partial charge is 0.303 e. The highest BCUT2D eigenvalue weighted by molar-refractivity contribution is 9.10. The van der Waals surface area contributed by atoms with Crippen LogP contribution >= 0.6 is 51.1 Å². The molecule has 0 amide bonds. The second-order valence-electron chi connectivity index (χ2n) is 17.6. The lowest BCUT2D eigenvalue weighted by molar-refractivity contribution is -0.192. The van der Waals surface area contributed by atoms with Crippen LogP contribution in [0.2, 0.25) is 5.02 Å². The van der Waals surface area contributed by atoms with Crippen molar-refractivity contribution in [1.29, 1.82) is 5.26 Å². The quantitative estimate of drug-likeness (QED) is 0.0324. The number of halogens is 8. The van der Waals surface area contributed by atoms with Gasteiger partial charge in [0.1, 0.15) is 59.9 Å². The summed E-state index contributed by atoms with van der Waals surface area (Å²) in [6.07, 6.45) is 1.72. The molecule has 2 aliphatic heterocycles. The Bertz CT molecular complexity index is 3370. The largest absolute Gasteiger partial charge is 0.463 e. The van der Waals surface area contributed by atoms with Gasteiger partial charge in [-0.25, -0.2) is 40.7 Å². The van der Waals surface area contributed by atoms with Crippen LogP contribution in [-0.4, -0.2) is 112 Å². The average Bonchev–Trinajstić information content (AvgIpc) is 4.16. The van der Waals surface area contributed by atoms with Gasteiger partial charge in [0.25, 0.3) is 5.82 Å². The molecule has 0 saturated carbocycles. The molecule has 0 N–H and O–H groups in total. The van der Waals surface area contributed by atoms with Crippen molar-refractivity contribution in [2.75, 3.05) is 13.2 Å². The molecule has 0 aliphatic carbocycles. The highest BCUT2D eigenvalue weighted by atomic mass is 79.9. The Morgan fingerprint density at radius 3 is 1.56 bits per heavy atom. The Kier molecular flexibility index (Phi) is 20.0. The highest BCUT2D eigenvalue weighted by Gasteiger charge is 2.50. The molecule has 20 nitrogen and oxygen atoms in total. The Morgan fingerprint density at radius 1 is 0.713 bits per heavy atom. The summed E-state index contributed by atoms with van der Waals surface area (Å²) in [6.45, 7) is 15.4. The number of nitriles is 1. The number of carbonyl (C=O) groups is 4. The van der Waals surface area contributed by atoms with E-state index < -0.39 is 118 Å². The van der Waals surface area contributed by atoms with Gasteiger partial charge >= 0.3 is 23.9 Å². The minimum atomic E-state index is -1.62. The molecule has 420 valence electrons. The molecule has 2 fully saturated rings. The molecule has 8 rings (SSSR count). The zero-order valence-corrected chi connectivity index (χ0v) is 46.3. The molecular weight excluding hydrogens is 1190 g/mol. The van der Waals surface area contributed by atoms with E-state index in [4.69, 9.17) is 51.9 Å². The molecule has 2 aliphatic rings. The topological polar surface area (TPSA) is 239 Å². The number of hydrogen-bond acceptors (Lipinski definition) is 19. The minimum absolute atomic E-state index is 0.0295. The summed E-state index contributed by atoms with van der Waals surface area (Å²) in [6, 6.07) is 6.74. The van der Waals surface area contributed by atoms with Gasteiger partial charge in [0.15, 0.2) is 52.8 Å². The van der Waals surface area contributed by atoms with Crippen molar-refractivity contribution >= 4 is 80.7 Å². The minimum Gasteiger partial charge on any atom is -0.463 e.